The minimum Gasteiger partial charge on any atom is -0.487 e. The number of benzene rings is 1. The van der Waals surface area contributed by atoms with Crippen molar-refractivity contribution in [2.45, 2.75) is 25.3 Å². The molecule has 1 N–H and O–H groups in total. The van der Waals surface area contributed by atoms with E-state index in [1.165, 1.54) is 6.07 Å². The fourth-order valence-electron chi connectivity index (χ4n) is 2.12. The predicted molar refractivity (Wildman–Crippen MR) is 66.6 cm³/mol. The fourth-order valence-corrected chi connectivity index (χ4v) is 2.12. The van der Waals surface area contributed by atoms with Gasteiger partial charge in [0.2, 0.25) is 0 Å². The number of nitriles is 1. The van der Waals surface area contributed by atoms with Crippen molar-refractivity contribution in [1.82, 2.24) is 5.32 Å². The third kappa shape index (κ3) is 2.62. The fraction of sp³-hybridized carbons (Fsp3) is 0.500. The van der Waals surface area contributed by atoms with Gasteiger partial charge in [-0.15, -0.1) is 0 Å². The minimum atomic E-state index is -0.684. The molecule has 3 nitrogen and oxygen atoms in total. The number of para-hydroxylation sites is 1. The summed E-state index contributed by atoms with van der Waals surface area (Å²) in [5, 5.41) is 12.6. The Morgan fingerprint density at radius 2 is 2.22 bits per heavy atom. The molecular formula is C14H17FN2O. The van der Waals surface area contributed by atoms with Gasteiger partial charge in [0.15, 0.2) is 11.6 Å². The molecule has 1 aliphatic rings. The van der Waals surface area contributed by atoms with E-state index in [-0.39, 0.29) is 12.4 Å². The Bertz CT molecular complexity index is 453. The van der Waals surface area contributed by atoms with E-state index in [0.29, 0.717) is 12.5 Å². The summed E-state index contributed by atoms with van der Waals surface area (Å²) in [5.41, 5.74) is -0.684. The van der Waals surface area contributed by atoms with Crippen molar-refractivity contribution in [2.24, 2.45) is 5.92 Å². The molecule has 1 fully saturated rings. The van der Waals surface area contributed by atoms with E-state index in [9.17, 15) is 9.65 Å². The predicted octanol–water partition coefficient (Wildman–Crippen LogP) is 2.49. The lowest BCUT2D eigenvalue weighted by atomic mass is 9.96. The van der Waals surface area contributed by atoms with Crippen molar-refractivity contribution in [3.8, 4) is 11.8 Å². The SMILES string of the molecule is CCNC(C#N)(COc1ccccc1F)C1CC1. The van der Waals surface area contributed by atoms with Crippen molar-refractivity contribution in [3.05, 3.63) is 30.1 Å². The molecule has 0 heterocycles. The monoisotopic (exact) mass is 248 g/mol. The lowest BCUT2D eigenvalue weighted by molar-refractivity contribution is 0.198. The van der Waals surface area contributed by atoms with Crippen molar-refractivity contribution in [1.29, 1.82) is 5.26 Å². The van der Waals surface area contributed by atoms with E-state index in [1.807, 2.05) is 6.92 Å². The van der Waals surface area contributed by atoms with Gasteiger partial charge in [0, 0.05) is 0 Å². The number of hydrogen-bond donors (Lipinski definition) is 1. The van der Waals surface area contributed by atoms with Crippen LogP contribution in [0.4, 0.5) is 4.39 Å². The van der Waals surface area contributed by atoms with Gasteiger partial charge in [-0.05, 0) is 37.4 Å². The van der Waals surface area contributed by atoms with Gasteiger partial charge < -0.3 is 4.74 Å². The van der Waals surface area contributed by atoms with E-state index < -0.39 is 11.4 Å². The van der Waals surface area contributed by atoms with E-state index in [2.05, 4.69) is 11.4 Å². The second-order valence-corrected chi connectivity index (χ2v) is 4.61. The Kier molecular flexibility index (Phi) is 3.83. The molecule has 0 amide bonds. The van der Waals surface area contributed by atoms with Gasteiger partial charge in [0.1, 0.15) is 12.1 Å². The van der Waals surface area contributed by atoms with Gasteiger partial charge >= 0.3 is 0 Å². The quantitative estimate of drug-likeness (QED) is 0.841. The van der Waals surface area contributed by atoms with Crippen LogP contribution in [0, 0.1) is 23.1 Å². The average Bonchev–Trinajstić information content (AvgIpc) is 3.21. The van der Waals surface area contributed by atoms with Gasteiger partial charge in [0.05, 0.1) is 6.07 Å². The highest BCUT2D eigenvalue weighted by atomic mass is 19.1. The zero-order valence-electron chi connectivity index (χ0n) is 10.4. The molecule has 18 heavy (non-hydrogen) atoms. The maximum absolute atomic E-state index is 13.4. The second kappa shape index (κ2) is 5.36. The Morgan fingerprint density at radius 3 is 2.78 bits per heavy atom. The highest BCUT2D eigenvalue weighted by Gasteiger charge is 2.46. The summed E-state index contributed by atoms with van der Waals surface area (Å²) in [6.07, 6.45) is 2.06. The standard InChI is InChI=1S/C14H17FN2O/c1-2-17-14(9-16,11-7-8-11)10-18-13-6-4-3-5-12(13)15/h3-6,11,17H,2,7-8,10H2,1H3. The first-order valence-electron chi connectivity index (χ1n) is 6.25. The van der Waals surface area contributed by atoms with Gasteiger partial charge in [-0.3, -0.25) is 5.32 Å². The number of nitrogens with zero attached hydrogens (tertiary/aromatic N) is 1. The Morgan fingerprint density at radius 1 is 1.50 bits per heavy atom. The molecule has 1 saturated carbocycles. The van der Waals surface area contributed by atoms with Crippen LogP contribution in [0.25, 0.3) is 0 Å². The Labute approximate surface area is 107 Å². The van der Waals surface area contributed by atoms with Crippen molar-refractivity contribution in [3.63, 3.8) is 0 Å². The first-order valence-corrected chi connectivity index (χ1v) is 6.25. The van der Waals surface area contributed by atoms with E-state index in [0.717, 1.165) is 12.8 Å². The van der Waals surface area contributed by atoms with Crippen LogP contribution in [-0.4, -0.2) is 18.7 Å². The second-order valence-electron chi connectivity index (χ2n) is 4.61. The van der Waals surface area contributed by atoms with Crippen molar-refractivity contribution < 1.29 is 9.13 Å². The molecule has 0 spiro atoms. The van der Waals surface area contributed by atoms with Gasteiger partial charge in [-0.25, -0.2) is 4.39 Å². The van der Waals surface area contributed by atoms with Gasteiger partial charge in [-0.1, -0.05) is 19.1 Å². The molecule has 96 valence electrons. The maximum atomic E-state index is 13.4. The van der Waals surface area contributed by atoms with Crippen LogP contribution in [0.1, 0.15) is 19.8 Å². The number of halogens is 1. The Balaban J connectivity index is 2.06. The number of rotatable bonds is 6. The molecule has 0 bridgehead atoms. The average molecular weight is 248 g/mol. The summed E-state index contributed by atoms with van der Waals surface area (Å²) in [5.74, 6) is 0.126. The molecular weight excluding hydrogens is 231 g/mol. The largest absolute Gasteiger partial charge is 0.487 e. The third-order valence-corrected chi connectivity index (χ3v) is 3.26. The molecule has 0 saturated heterocycles. The molecule has 0 radical (unpaired) electrons. The summed E-state index contributed by atoms with van der Waals surface area (Å²) in [7, 11) is 0. The zero-order chi connectivity index (χ0) is 13.0. The summed E-state index contributed by atoms with van der Waals surface area (Å²) in [6.45, 7) is 2.84. The van der Waals surface area contributed by atoms with Crippen molar-refractivity contribution in [2.75, 3.05) is 13.2 Å². The van der Waals surface area contributed by atoms with Crippen LogP contribution in [0.3, 0.4) is 0 Å². The van der Waals surface area contributed by atoms with E-state index >= 15 is 0 Å². The summed E-state index contributed by atoms with van der Waals surface area (Å²) in [6, 6.07) is 8.58. The van der Waals surface area contributed by atoms with Crippen LogP contribution >= 0.6 is 0 Å². The maximum Gasteiger partial charge on any atom is 0.165 e. The molecule has 2 rings (SSSR count). The van der Waals surface area contributed by atoms with E-state index in [1.54, 1.807) is 18.2 Å². The molecule has 0 aliphatic heterocycles. The Hall–Kier alpha value is -1.60. The van der Waals surface area contributed by atoms with Gasteiger partial charge in [0.25, 0.3) is 0 Å². The minimum absolute atomic E-state index is 0.183. The summed E-state index contributed by atoms with van der Waals surface area (Å²) < 4.78 is 18.9. The number of nitrogens with one attached hydrogen (secondary N) is 1. The molecule has 0 aromatic heterocycles. The number of ether oxygens (including phenoxy) is 1. The molecule has 1 atom stereocenters. The molecule has 1 aromatic rings. The lowest BCUT2D eigenvalue weighted by Gasteiger charge is -2.27. The zero-order valence-corrected chi connectivity index (χ0v) is 10.4. The molecule has 4 heteroatoms. The van der Waals surface area contributed by atoms with Crippen LogP contribution in [0.15, 0.2) is 24.3 Å². The summed E-state index contributed by atoms with van der Waals surface area (Å²) in [4.78, 5) is 0. The first-order chi connectivity index (χ1) is 8.72. The third-order valence-electron chi connectivity index (χ3n) is 3.26. The number of likely N-dealkylation sites (N-methyl/N-ethyl adjacent to an activating group) is 1. The van der Waals surface area contributed by atoms with E-state index in [4.69, 9.17) is 4.74 Å². The molecule has 1 unspecified atom stereocenters. The van der Waals surface area contributed by atoms with Crippen molar-refractivity contribution >= 4 is 0 Å². The smallest absolute Gasteiger partial charge is 0.165 e. The van der Waals surface area contributed by atoms with Crippen LogP contribution in [-0.2, 0) is 0 Å². The van der Waals surface area contributed by atoms with Crippen LogP contribution < -0.4 is 10.1 Å². The summed E-state index contributed by atoms with van der Waals surface area (Å²) >= 11 is 0. The normalized spacial score (nSPS) is 17.8. The van der Waals surface area contributed by atoms with Crippen LogP contribution in [0.2, 0.25) is 0 Å². The highest BCUT2D eigenvalue weighted by molar-refractivity contribution is 5.25. The highest BCUT2D eigenvalue weighted by Crippen LogP contribution is 2.39. The number of hydrogen-bond acceptors (Lipinski definition) is 3. The first kappa shape index (κ1) is 12.8. The van der Waals surface area contributed by atoms with Gasteiger partial charge in [-0.2, -0.15) is 5.26 Å². The molecule has 1 aromatic carbocycles. The molecule has 1 aliphatic carbocycles. The lowest BCUT2D eigenvalue weighted by Crippen LogP contribution is -2.50. The van der Waals surface area contributed by atoms with Crippen LogP contribution in [0.5, 0.6) is 5.75 Å². The topological polar surface area (TPSA) is 45.0 Å².